The van der Waals surface area contributed by atoms with E-state index in [1.807, 2.05) is 0 Å². The minimum absolute atomic E-state index is 0.326. The fraction of sp³-hybridized carbons (Fsp3) is 0.440. The van der Waals surface area contributed by atoms with Gasteiger partial charge < -0.3 is 20.4 Å². The second-order valence-electron chi connectivity index (χ2n) is 8.81. The largest absolute Gasteiger partial charge is 0.368 e. The number of benzene rings is 2. The molecule has 2 aromatic rings. The minimum Gasteiger partial charge on any atom is -0.368 e. The van der Waals surface area contributed by atoms with E-state index in [0.29, 0.717) is 12.1 Å². The van der Waals surface area contributed by atoms with E-state index in [1.54, 1.807) is 0 Å². The quantitative estimate of drug-likeness (QED) is 0.429. The van der Waals surface area contributed by atoms with Crippen molar-refractivity contribution >= 4 is 46.6 Å². The lowest BCUT2D eigenvalue weighted by molar-refractivity contribution is 0.643. The number of anilines is 2. The van der Waals surface area contributed by atoms with Crippen LogP contribution in [0.4, 0.5) is 11.4 Å². The topological polar surface area (TPSA) is 55.3 Å². The van der Waals surface area contributed by atoms with Crippen molar-refractivity contribution in [3.63, 3.8) is 0 Å². The Morgan fingerprint density at radius 3 is 1.70 bits per heavy atom. The summed E-state index contributed by atoms with van der Waals surface area (Å²) < 4.78 is 7.81. The summed E-state index contributed by atoms with van der Waals surface area (Å²) in [7, 11) is 0. The third-order valence-corrected chi connectivity index (χ3v) is 6.71. The van der Waals surface area contributed by atoms with E-state index in [9.17, 15) is 0 Å². The molecule has 8 heteroatoms. The normalized spacial score (nSPS) is 18.3. The van der Waals surface area contributed by atoms with Crippen LogP contribution in [0, 0.1) is 0 Å². The van der Waals surface area contributed by atoms with Crippen LogP contribution in [0.2, 0.25) is 0 Å². The molecule has 0 spiro atoms. The summed E-state index contributed by atoms with van der Waals surface area (Å²) in [5, 5.41) is 6.75. The summed E-state index contributed by atoms with van der Waals surface area (Å²) in [4.78, 5) is 4.85. The molecule has 33 heavy (non-hydrogen) atoms. The van der Waals surface area contributed by atoms with Crippen LogP contribution in [0.5, 0.6) is 0 Å². The Hall–Kier alpha value is -2.44. The zero-order chi connectivity index (χ0) is 23.2. The van der Waals surface area contributed by atoms with Crippen LogP contribution in [-0.4, -0.2) is 49.9 Å². The Morgan fingerprint density at radius 1 is 0.848 bits per heavy atom. The fourth-order valence-electron chi connectivity index (χ4n) is 3.95. The highest BCUT2D eigenvalue weighted by molar-refractivity contribution is 6.22. The van der Waals surface area contributed by atoms with E-state index in [4.69, 9.17) is 23.6 Å². The van der Waals surface area contributed by atoms with Gasteiger partial charge in [-0.2, -0.15) is 9.02 Å². The SMILES string of the molecule is CCC(C)N/C(=N/Cl)c1ccc(N2CCN(c3ccc(/C(=N\Cl)NC4CC4)cc3)CC2)cc1. The van der Waals surface area contributed by atoms with E-state index in [2.05, 4.69) is 91.8 Å². The number of piperazine rings is 1. The van der Waals surface area contributed by atoms with Crippen LogP contribution in [-0.2, 0) is 0 Å². The summed E-state index contributed by atoms with van der Waals surface area (Å²) in [6.45, 7) is 8.15. The predicted molar refractivity (Wildman–Crippen MR) is 141 cm³/mol. The molecule has 4 rings (SSSR count). The van der Waals surface area contributed by atoms with Crippen LogP contribution in [0.3, 0.4) is 0 Å². The molecule has 2 aliphatic rings. The highest BCUT2D eigenvalue weighted by atomic mass is 35.5. The summed E-state index contributed by atoms with van der Waals surface area (Å²) in [5.74, 6) is 1.49. The van der Waals surface area contributed by atoms with Crippen LogP contribution in [0.1, 0.15) is 44.2 Å². The number of rotatable bonds is 7. The molecular weight excluding hydrogens is 455 g/mol. The summed E-state index contributed by atoms with van der Waals surface area (Å²) >= 11 is 11.6. The second-order valence-corrected chi connectivity index (χ2v) is 9.14. The number of nitrogens with one attached hydrogen (secondary N) is 2. The van der Waals surface area contributed by atoms with Crippen molar-refractivity contribution in [2.75, 3.05) is 36.0 Å². The highest BCUT2D eigenvalue weighted by Gasteiger charge is 2.23. The van der Waals surface area contributed by atoms with E-state index >= 15 is 0 Å². The van der Waals surface area contributed by atoms with Crippen molar-refractivity contribution in [1.29, 1.82) is 0 Å². The Bertz CT molecular complexity index is 961. The lowest BCUT2D eigenvalue weighted by Crippen LogP contribution is -2.46. The molecule has 1 unspecified atom stereocenters. The van der Waals surface area contributed by atoms with Crippen molar-refractivity contribution in [3.8, 4) is 0 Å². The van der Waals surface area contributed by atoms with Gasteiger partial charge in [0.25, 0.3) is 0 Å². The van der Waals surface area contributed by atoms with Gasteiger partial charge in [0, 0.05) is 84.3 Å². The molecule has 6 nitrogen and oxygen atoms in total. The molecule has 1 aliphatic heterocycles. The number of halogens is 2. The molecular formula is C25H32Cl2N6. The van der Waals surface area contributed by atoms with Gasteiger partial charge in [0.2, 0.25) is 0 Å². The average molecular weight is 487 g/mol. The zero-order valence-electron chi connectivity index (χ0n) is 19.3. The summed E-state index contributed by atoms with van der Waals surface area (Å²) in [6, 6.07) is 17.8. The van der Waals surface area contributed by atoms with Gasteiger partial charge in [-0.1, -0.05) is 6.92 Å². The standard InChI is InChI=1S/C25H32Cl2N6/c1-3-18(2)28-24(30-26)19-4-10-22(11-5-19)32-14-16-33(17-15-32)23-12-6-20(7-13-23)25(31-27)29-21-8-9-21/h4-7,10-13,18,21H,3,8-9,14-17H2,1-2H3,(H,28,30)(H,29,31). The third-order valence-electron chi connectivity index (χ3n) is 6.37. The third kappa shape index (κ3) is 6.12. The lowest BCUT2D eigenvalue weighted by atomic mass is 10.1. The van der Waals surface area contributed by atoms with Crippen molar-refractivity contribution in [1.82, 2.24) is 10.6 Å². The molecule has 2 aromatic carbocycles. The molecule has 1 saturated heterocycles. The highest BCUT2D eigenvalue weighted by Crippen LogP contribution is 2.23. The number of hydrogen-bond acceptors (Lipinski definition) is 4. The van der Waals surface area contributed by atoms with Crippen LogP contribution < -0.4 is 20.4 Å². The molecule has 2 fully saturated rings. The molecule has 2 N–H and O–H groups in total. The van der Waals surface area contributed by atoms with Crippen LogP contribution in [0.15, 0.2) is 57.6 Å². The smallest absolute Gasteiger partial charge is 0.148 e. The maximum Gasteiger partial charge on any atom is 0.148 e. The predicted octanol–water partition coefficient (Wildman–Crippen LogP) is 4.95. The first-order valence-corrected chi connectivity index (χ1v) is 12.4. The van der Waals surface area contributed by atoms with Crippen LogP contribution >= 0.6 is 23.6 Å². The maximum absolute atomic E-state index is 5.82. The Kier molecular flexibility index (Phi) is 7.99. The van der Waals surface area contributed by atoms with E-state index in [0.717, 1.165) is 55.4 Å². The van der Waals surface area contributed by atoms with Gasteiger partial charge in [-0.05, 0) is 74.7 Å². The first-order chi connectivity index (χ1) is 16.1. The van der Waals surface area contributed by atoms with Gasteiger partial charge in [-0.25, -0.2) is 0 Å². The van der Waals surface area contributed by atoms with Gasteiger partial charge in [0.05, 0.1) is 0 Å². The number of amidine groups is 2. The maximum atomic E-state index is 5.82. The van der Waals surface area contributed by atoms with E-state index in [1.165, 1.54) is 24.2 Å². The Morgan fingerprint density at radius 2 is 1.30 bits per heavy atom. The van der Waals surface area contributed by atoms with Crippen molar-refractivity contribution < 1.29 is 0 Å². The lowest BCUT2D eigenvalue weighted by Gasteiger charge is -2.37. The second kappa shape index (κ2) is 11.1. The van der Waals surface area contributed by atoms with Crippen LogP contribution in [0.25, 0.3) is 0 Å². The minimum atomic E-state index is 0.326. The zero-order valence-corrected chi connectivity index (χ0v) is 20.8. The summed E-state index contributed by atoms with van der Waals surface area (Å²) in [6.07, 6.45) is 3.40. The first-order valence-electron chi connectivity index (χ1n) is 11.7. The molecule has 0 radical (unpaired) electrons. The van der Waals surface area contributed by atoms with Gasteiger partial charge in [-0.3, -0.25) is 0 Å². The molecule has 0 amide bonds. The molecule has 1 atom stereocenters. The van der Waals surface area contributed by atoms with Gasteiger partial charge in [0.15, 0.2) is 0 Å². The molecule has 1 aliphatic carbocycles. The molecule has 1 heterocycles. The van der Waals surface area contributed by atoms with E-state index < -0.39 is 0 Å². The molecule has 0 bridgehead atoms. The number of nitrogens with zero attached hydrogens (tertiary/aromatic N) is 4. The Balaban J connectivity index is 1.33. The van der Waals surface area contributed by atoms with Gasteiger partial charge in [-0.15, -0.1) is 0 Å². The number of hydrogen-bond donors (Lipinski definition) is 2. The van der Waals surface area contributed by atoms with Crippen molar-refractivity contribution in [3.05, 3.63) is 59.7 Å². The van der Waals surface area contributed by atoms with Gasteiger partial charge >= 0.3 is 0 Å². The molecule has 0 aromatic heterocycles. The van der Waals surface area contributed by atoms with Crippen molar-refractivity contribution in [2.24, 2.45) is 9.02 Å². The monoisotopic (exact) mass is 486 g/mol. The fourth-order valence-corrected chi connectivity index (χ4v) is 4.25. The average Bonchev–Trinajstić information content (AvgIpc) is 3.70. The summed E-state index contributed by atoms with van der Waals surface area (Å²) in [5.41, 5.74) is 4.49. The van der Waals surface area contributed by atoms with Gasteiger partial charge in [0.1, 0.15) is 11.7 Å². The van der Waals surface area contributed by atoms with Crippen molar-refractivity contribution in [2.45, 2.75) is 45.2 Å². The molecule has 176 valence electrons. The molecule has 1 saturated carbocycles. The first kappa shape index (κ1) is 23.7. The van der Waals surface area contributed by atoms with E-state index in [-0.39, 0.29) is 0 Å². The Labute approximate surface area is 206 Å².